The zero-order valence-electron chi connectivity index (χ0n) is 17.1. The number of ether oxygens (including phenoxy) is 1. The molecule has 29 heavy (non-hydrogen) atoms. The van der Waals surface area contributed by atoms with Crippen molar-refractivity contribution in [2.75, 3.05) is 44.3 Å². The minimum atomic E-state index is -0.193. The molecule has 0 N–H and O–H groups in total. The second-order valence-corrected chi connectivity index (χ2v) is 8.45. The molecule has 1 aliphatic rings. The van der Waals surface area contributed by atoms with E-state index in [-0.39, 0.29) is 11.7 Å². The lowest BCUT2D eigenvalue weighted by Gasteiger charge is -2.27. The van der Waals surface area contributed by atoms with Crippen LogP contribution in [0.15, 0.2) is 22.7 Å². The highest BCUT2D eigenvalue weighted by Gasteiger charge is 2.25. The lowest BCUT2D eigenvalue weighted by Crippen LogP contribution is -2.39. The van der Waals surface area contributed by atoms with Crippen molar-refractivity contribution in [3.63, 3.8) is 0 Å². The van der Waals surface area contributed by atoms with Crippen LogP contribution in [0.25, 0.3) is 10.2 Å². The van der Waals surface area contributed by atoms with Crippen LogP contribution in [0.4, 0.5) is 5.13 Å². The van der Waals surface area contributed by atoms with Crippen molar-refractivity contribution in [2.45, 2.75) is 27.2 Å². The van der Waals surface area contributed by atoms with Gasteiger partial charge >= 0.3 is 0 Å². The fraction of sp³-hybridized carbons (Fsp3) is 0.476. The molecule has 0 atom stereocenters. The summed E-state index contributed by atoms with van der Waals surface area (Å²) < 4.78 is 11.8. The summed E-state index contributed by atoms with van der Waals surface area (Å²) in [5, 5.41) is 4.58. The number of carbonyl (C=O) groups excluding carboxylic acids is 1. The number of benzene rings is 1. The van der Waals surface area contributed by atoms with Crippen molar-refractivity contribution in [1.29, 1.82) is 0 Å². The minimum absolute atomic E-state index is 0.193. The van der Waals surface area contributed by atoms with Gasteiger partial charge in [0, 0.05) is 32.2 Å². The van der Waals surface area contributed by atoms with Gasteiger partial charge in [-0.05, 0) is 38.3 Å². The second-order valence-electron chi connectivity index (χ2n) is 7.47. The quantitative estimate of drug-likeness (QED) is 0.614. The maximum atomic E-state index is 13.2. The molecule has 0 saturated carbocycles. The van der Waals surface area contributed by atoms with Crippen LogP contribution in [0.5, 0.6) is 0 Å². The number of thiazole rings is 1. The Hall–Kier alpha value is -2.29. The van der Waals surface area contributed by atoms with E-state index in [1.807, 2.05) is 6.92 Å². The van der Waals surface area contributed by atoms with E-state index in [0.717, 1.165) is 55.0 Å². The van der Waals surface area contributed by atoms with Gasteiger partial charge < -0.3 is 9.26 Å². The summed E-state index contributed by atoms with van der Waals surface area (Å²) in [4.78, 5) is 22.1. The average molecular weight is 415 g/mol. The molecule has 0 aliphatic carbocycles. The van der Waals surface area contributed by atoms with Crippen molar-refractivity contribution in [3.05, 3.63) is 40.8 Å². The van der Waals surface area contributed by atoms with E-state index in [1.165, 1.54) is 5.56 Å². The zero-order valence-corrected chi connectivity index (χ0v) is 17.9. The predicted octanol–water partition coefficient (Wildman–Crippen LogP) is 3.58. The van der Waals surface area contributed by atoms with Gasteiger partial charge in [0.25, 0.3) is 5.91 Å². The van der Waals surface area contributed by atoms with E-state index < -0.39 is 0 Å². The lowest BCUT2D eigenvalue weighted by molar-refractivity contribution is 0.0376. The molecule has 1 amide bonds. The van der Waals surface area contributed by atoms with Crippen LogP contribution in [-0.4, -0.2) is 60.3 Å². The molecule has 1 fully saturated rings. The Balaban J connectivity index is 1.59. The topological polar surface area (TPSA) is 71.7 Å². The number of carbonyl (C=O) groups is 1. The number of hydrogen-bond acceptors (Lipinski definition) is 7. The fourth-order valence-corrected chi connectivity index (χ4v) is 4.66. The van der Waals surface area contributed by atoms with E-state index in [2.05, 4.69) is 36.0 Å². The Labute approximate surface area is 174 Å². The molecule has 1 aromatic carbocycles. The van der Waals surface area contributed by atoms with Crippen LogP contribution in [0.3, 0.4) is 0 Å². The highest BCUT2D eigenvalue weighted by atomic mass is 32.1. The maximum absolute atomic E-state index is 13.2. The molecule has 1 saturated heterocycles. The fourth-order valence-electron chi connectivity index (χ4n) is 3.52. The molecule has 3 aromatic rings. The average Bonchev–Trinajstić information content (AvgIpc) is 3.36. The van der Waals surface area contributed by atoms with E-state index in [9.17, 15) is 4.79 Å². The zero-order chi connectivity index (χ0) is 20.4. The van der Waals surface area contributed by atoms with Gasteiger partial charge in [0.05, 0.1) is 29.1 Å². The largest absolute Gasteiger partial charge is 0.379 e. The Morgan fingerprint density at radius 2 is 1.97 bits per heavy atom. The van der Waals surface area contributed by atoms with Gasteiger partial charge in [-0.25, -0.2) is 4.98 Å². The number of fused-ring (bicyclic) bond motifs is 1. The summed E-state index contributed by atoms with van der Waals surface area (Å²) in [5.41, 5.74) is 3.94. The third-order valence-corrected chi connectivity index (χ3v) is 6.42. The second kappa shape index (κ2) is 8.61. The van der Waals surface area contributed by atoms with Crippen molar-refractivity contribution in [2.24, 2.45) is 0 Å². The van der Waals surface area contributed by atoms with Gasteiger partial charge in [-0.3, -0.25) is 14.6 Å². The first kappa shape index (κ1) is 20.0. The molecule has 7 nitrogen and oxygen atoms in total. The molecule has 0 bridgehead atoms. The summed E-state index contributed by atoms with van der Waals surface area (Å²) in [6, 6.07) is 5.86. The third kappa shape index (κ3) is 4.34. The van der Waals surface area contributed by atoms with Gasteiger partial charge in [0.1, 0.15) is 0 Å². The molecule has 8 heteroatoms. The lowest BCUT2D eigenvalue weighted by atomic mass is 10.1. The Bertz CT molecular complexity index is 968. The molecule has 3 heterocycles. The van der Waals surface area contributed by atoms with Crippen LogP contribution in [0.2, 0.25) is 0 Å². The van der Waals surface area contributed by atoms with Crippen LogP contribution >= 0.6 is 11.3 Å². The molecular formula is C21H26N4O3S. The number of rotatable bonds is 6. The molecule has 2 aromatic heterocycles. The number of hydrogen-bond donors (Lipinski definition) is 0. The van der Waals surface area contributed by atoms with Crippen molar-refractivity contribution >= 4 is 32.6 Å². The van der Waals surface area contributed by atoms with Crippen molar-refractivity contribution in [1.82, 2.24) is 15.0 Å². The van der Waals surface area contributed by atoms with Gasteiger partial charge in [-0.2, -0.15) is 0 Å². The molecule has 0 unspecified atom stereocenters. The van der Waals surface area contributed by atoms with Crippen molar-refractivity contribution in [3.8, 4) is 0 Å². The van der Waals surface area contributed by atoms with Crippen LogP contribution < -0.4 is 4.90 Å². The molecule has 154 valence electrons. The molecule has 1 aliphatic heterocycles. The minimum Gasteiger partial charge on any atom is -0.379 e. The predicted molar refractivity (Wildman–Crippen MR) is 114 cm³/mol. The Morgan fingerprint density at radius 3 is 2.66 bits per heavy atom. The number of amides is 1. The normalized spacial score (nSPS) is 15.1. The maximum Gasteiger partial charge on any atom is 0.298 e. The molecular weight excluding hydrogens is 388 g/mol. The van der Waals surface area contributed by atoms with Gasteiger partial charge in [-0.1, -0.05) is 28.6 Å². The van der Waals surface area contributed by atoms with Crippen LogP contribution in [-0.2, 0) is 4.74 Å². The first-order chi connectivity index (χ1) is 14.0. The van der Waals surface area contributed by atoms with E-state index in [1.54, 1.807) is 22.3 Å². The summed E-state index contributed by atoms with van der Waals surface area (Å²) in [5.74, 6) is 0.0588. The summed E-state index contributed by atoms with van der Waals surface area (Å²) >= 11 is 1.56. The smallest absolute Gasteiger partial charge is 0.298 e. The number of nitrogens with zero attached hydrogens (tertiary/aromatic N) is 4. The number of anilines is 1. The first-order valence-corrected chi connectivity index (χ1v) is 10.8. The SMILES string of the molecule is Cc1cc(C(=O)N(CCCN2CCOCC2)c2nc3c(C)ccc(C)c3s2)on1. The first-order valence-electron chi connectivity index (χ1n) is 9.95. The summed E-state index contributed by atoms with van der Waals surface area (Å²) in [6.07, 6.45) is 0.854. The molecule has 0 radical (unpaired) electrons. The highest BCUT2D eigenvalue weighted by molar-refractivity contribution is 7.22. The van der Waals surface area contributed by atoms with Gasteiger partial charge in [0.2, 0.25) is 5.76 Å². The Kier molecular flexibility index (Phi) is 5.94. The van der Waals surface area contributed by atoms with Crippen molar-refractivity contribution < 1.29 is 14.1 Å². The Morgan fingerprint density at radius 1 is 1.21 bits per heavy atom. The van der Waals surface area contributed by atoms with E-state index in [4.69, 9.17) is 14.2 Å². The number of aromatic nitrogens is 2. The van der Waals surface area contributed by atoms with E-state index in [0.29, 0.717) is 17.4 Å². The summed E-state index contributed by atoms with van der Waals surface area (Å²) in [6.45, 7) is 10.9. The van der Waals surface area contributed by atoms with Gasteiger partial charge in [-0.15, -0.1) is 0 Å². The standard InChI is InChI=1S/C21H26N4O3S/c1-14-5-6-15(2)19-18(14)22-21(29-19)25(20(26)17-13-16(3)23-28-17)8-4-7-24-9-11-27-12-10-24/h5-6,13H,4,7-12H2,1-3H3. The van der Waals surface area contributed by atoms with Gasteiger partial charge in [0.15, 0.2) is 5.13 Å². The molecule has 0 spiro atoms. The third-order valence-electron chi connectivity index (χ3n) is 5.21. The number of morpholine rings is 1. The monoisotopic (exact) mass is 414 g/mol. The highest BCUT2D eigenvalue weighted by Crippen LogP contribution is 2.33. The molecule has 4 rings (SSSR count). The van der Waals surface area contributed by atoms with Crippen LogP contribution in [0, 0.1) is 20.8 Å². The summed E-state index contributed by atoms with van der Waals surface area (Å²) in [7, 11) is 0. The number of aryl methyl sites for hydroxylation is 3. The van der Waals surface area contributed by atoms with E-state index >= 15 is 0 Å². The van der Waals surface area contributed by atoms with Crippen LogP contribution in [0.1, 0.15) is 33.8 Å².